The smallest absolute Gasteiger partial charge is 0.329 e. The summed E-state index contributed by atoms with van der Waals surface area (Å²) in [5, 5.41) is 22.2. The first-order valence-electron chi connectivity index (χ1n) is 10.3. The van der Waals surface area contributed by atoms with Crippen LogP contribution in [-0.2, 0) is 9.59 Å². The molecule has 0 aliphatic rings. The van der Waals surface area contributed by atoms with Crippen LogP contribution in [0, 0.1) is 18.6 Å². The van der Waals surface area contributed by atoms with Gasteiger partial charge in [-0.1, -0.05) is 13.0 Å². The van der Waals surface area contributed by atoms with Gasteiger partial charge < -0.3 is 15.5 Å². The van der Waals surface area contributed by atoms with Gasteiger partial charge in [0.2, 0.25) is 5.91 Å². The van der Waals surface area contributed by atoms with E-state index in [2.05, 4.69) is 5.32 Å². The van der Waals surface area contributed by atoms with Gasteiger partial charge in [-0.2, -0.15) is 0 Å². The number of nitrogens with zero attached hydrogens (tertiary/aromatic N) is 1. The van der Waals surface area contributed by atoms with Crippen LogP contribution in [0.15, 0.2) is 36.4 Å². The average molecular weight is 458 g/mol. The van der Waals surface area contributed by atoms with Crippen LogP contribution in [0.5, 0.6) is 5.75 Å². The molecule has 174 valence electrons. The number of carboxylic acids is 1. The van der Waals surface area contributed by atoms with Crippen LogP contribution in [0.25, 0.3) is 10.9 Å². The van der Waals surface area contributed by atoms with Crippen LogP contribution in [0.4, 0.5) is 8.78 Å². The zero-order valence-corrected chi connectivity index (χ0v) is 18.6. The molecule has 0 aliphatic carbocycles. The fourth-order valence-electron chi connectivity index (χ4n) is 3.81. The highest BCUT2D eigenvalue weighted by Gasteiger charge is 2.36. The number of phenolic OH excluding ortho intramolecular Hbond substituents is 1. The lowest BCUT2D eigenvalue weighted by atomic mass is 9.93. The molecule has 2 atom stereocenters. The summed E-state index contributed by atoms with van der Waals surface area (Å²) in [4.78, 5) is 37.9. The number of fused-ring (bicyclic) bond motifs is 1. The molecule has 2 unspecified atom stereocenters. The van der Waals surface area contributed by atoms with Crippen LogP contribution in [0.1, 0.15) is 54.7 Å². The van der Waals surface area contributed by atoms with E-state index >= 15 is 0 Å². The number of rotatable bonds is 6. The van der Waals surface area contributed by atoms with Gasteiger partial charge in [0, 0.05) is 22.7 Å². The minimum atomic E-state index is -1.51. The molecule has 0 fully saturated rings. The van der Waals surface area contributed by atoms with Crippen LogP contribution < -0.4 is 5.32 Å². The van der Waals surface area contributed by atoms with Gasteiger partial charge in [-0.25, -0.2) is 13.6 Å². The number of phenols is 1. The number of nitrogens with one attached hydrogen (secondary N) is 1. The van der Waals surface area contributed by atoms with Gasteiger partial charge >= 0.3 is 5.97 Å². The number of amides is 1. The Morgan fingerprint density at radius 2 is 1.85 bits per heavy atom. The molecule has 0 saturated carbocycles. The summed E-state index contributed by atoms with van der Waals surface area (Å²) < 4.78 is 29.1. The molecule has 1 amide bonds. The van der Waals surface area contributed by atoms with E-state index < -0.39 is 46.6 Å². The highest BCUT2D eigenvalue weighted by atomic mass is 19.1. The summed E-state index contributed by atoms with van der Waals surface area (Å²) in [6.07, 6.45) is 0.131. The normalized spacial score (nSPS) is 14.0. The van der Waals surface area contributed by atoms with E-state index in [9.17, 15) is 33.4 Å². The maximum absolute atomic E-state index is 14.2. The summed E-state index contributed by atoms with van der Waals surface area (Å²) in [7, 11) is 0. The van der Waals surface area contributed by atoms with Crippen molar-refractivity contribution in [3.05, 3.63) is 64.9 Å². The molecule has 0 bridgehead atoms. The Labute approximate surface area is 188 Å². The number of aliphatic carboxylic acids is 1. The molecular formula is C24H24F2N2O5. The zero-order chi connectivity index (χ0) is 24.7. The van der Waals surface area contributed by atoms with Gasteiger partial charge in [0.05, 0.1) is 11.4 Å². The molecule has 0 aliphatic heterocycles. The van der Waals surface area contributed by atoms with Gasteiger partial charge in [-0.15, -0.1) is 0 Å². The van der Waals surface area contributed by atoms with E-state index in [1.54, 1.807) is 13.8 Å². The second-order valence-electron chi connectivity index (χ2n) is 8.17. The lowest BCUT2D eigenvalue weighted by Crippen LogP contribution is -2.52. The van der Waals surface area contributed by atoms with Crippen LogP contribution in [0.2, 0.25) is 0 Å². The number of carboxylic acid groups (broad SMARTS) is 1. The number of carbonyl (C=O) groups is 3. The Morgan fingerprint density at radius 3 is 2.42 bits per heavy atom. The molecule has 0 radical (unpaired) electrons. The summed E-state index contributed by atoms with van der Waals surface area (Å²) >= 11 is 0. The highest BCUT2D eigenvalue weighted by molar-refractivity contribution is 6.06. The van der Waals surface area contributed by atoms with E-state index in [0.29, 0.717) is 5.56 Å². The minimum Gasteiger partial charge on any atom is -0.505 e. The molecule has 2 aromatic carbocycles. The van der Waals surface area contributed by atoms with Crippen molar-refractivity contribution in [3.8, 4) is 5.75 Å². The lowest BCUT2D eigenvalue weighted by Gasteiger charge is -2.26. The minimum absolute atomic E-state index is 0.0107. The van der Waals surface area contributed by atoms with Crippen molar-refractivity contribution in [3.63, 3.8) is 0 Å². The lowest BCUT2D eigenvalue weighted by molar-refractivity contribution is -0.147. The number of aromatic nitrogens is 1. The maximum atomic E-state index is 14.2. The standard InChI is InChI=1S/C24H24F2N2O5/c1-5-24(4,23(32)33)27-21(30)12(2)20-13(3)28(18-11-17(26)19(29)10-16(18)20)22(31)14-7-6-8-15(25)9-14/h6-12,29H,5H2,1-4H3,(H,27,30)(H,32,33). The summed E-state index contributed by atoms with van der Waals surface area (Å²) in [6.45, 7) is 6.06. The molecule has 3 aromatic rings. The number of benzene rings is 2. The quantitative estimate of drug-likeness (QED) is 0.516. The van der Waals surface area contributed by atoms with Crippen LogP contribution >= 0.6 is 0 Å². The number of carbonyl (C=O) groups excluding carboxylic acids is 2. The van der Waals surface area contributed by atoms with E-state index in [1.807, 2.05) is 0 Å². The predicted octanol–water partition coefficient (Wildman–Crippen LogP) is 4.10. The molecule has 1 heterocycles. The molecule has 9 heteroatoms. The van der Waals surface area contributed by atoms with Gasteiger partial charge in [0.15, 0.2) is 11.6 Å². The first-order valence-corrected chi connectivity index (χ1v) is 10.3. The Hall–Kier alpha value is -3.75. The Morgan fingerprint density at radius 1 is 1.18 bits per heavy atom. The van der Waals surface area contributed by atoms with E-state index in [4.69, 9.17) is 0 Å². The van der Waals surface area contributed by atoms with Crippen molar-refractivity contribution in [2.45, 2.75) is 45.6 Å². The molecule has 3 N–H and O–H groups in total. The summed E-state index contributed by atoms with van der Waals surface area (Å²) in [5.41, 5.74) is -0.824. The number of aromatic hydroxyl groups is 1. The molecule has 0 spiro atoms. The van der Waals surface area contributed by atoms with Crippen LogP contribution in [-0.4, -0.2) is 38.1 Å². The fraction of sp³-hybridized carbons (Fsp3) is 0.292. The van der Waals surface area contributed by atoms with Crippen molar-refractivity contribution in [2.24, 2.45) is 0 Å². The fourth-order valence-corrected chi connectivity index (χ4v) is 3.81. The monoisotopic (exact) mass is 458 g/mol. The van der Waals surface area contributed by atoms with E-state index in [1.165, 1.54) is 32.0 Å². The number of halogens is 2. The third kappa shape index (κ3) is 4.18. The first-order chi connectivity index (χ1) is 15.4. The topological polar surface area (TPSA) is 109 Å². The third-order valence-electron chi connectivity index (χ3n) is 6.00. The average Bonchev–Trinajstić information content (AvgIpc) is 3.03. The van der Waals surface area contributed by atoms with Crippen molar-refractivity contribution in [2.75, 3.05) is 0 Å². The molecule has 3 rings (SSSR count). The van der Waals surface area contributed by atoms with Crippen molar-refractivity contribution < 1.29 is 33.4 Å². The second kappa shape index (κ2) is 8.65. The largest absolute Gasteiger partial charge is 0.505 e. The third-order valence-corrected chi connectivity index (χ3v) is 6.00. The van der Waals surface area contributed by atoms with Gasteiger partial charge in [0.1, 0.15) is 11.4 Å². The van der Waals surface area contributed by atoms with Crippen molar-refractivity contribution >= 4 is 28.7 Å². The second-order valence-corrected chi connectivity index (χ2v) is 8.17. The van der Waals surface area contributed by atoms with Gasteiger partial charge in [0.25, 0.3) is 5.91 Å². The SMILES string of the molecule is CCC(C)(NC(=O)C(C)c1c(C)n(C(=O)c2cccc(F)c2)c2cc(F)c(O)cc12)C(=O)O. The molecular weight excluding hydrogens is 434 g/mol. The predicted molar refractivity (Wildman–Crippen MR) is 117 cm³/mol. The molecule has 33 heavy (non-hydrogen) atoms. The number of hydrogen-bond donors (Lipinski definition) is 3. The Balaban J connectivity index is 2.19. The van der Waals surface area contributed by atoms with E-state index in [0.717, 1.165) is 22.8 Å². The summed E-state index contributed by atoms with van der Waals surface area (Å²) in [5.74, 6) is -5.69. The van der Waals surface area contributed by atoms with Crippen molar-refractivity contribution in [1.29, 1.82) is 0 Å². The Bertz CT molecular complexity index is 1280. The summed E-state index contributed by atoms with van der Waals surface area (Å²) in [6, 6.07) is 7.08. The number of hydrogen-bond acceptors (Lipinski definition) is 4. The molecule has 1 aromatic heterocycles. The van der Waals surface area contributed by atoms with Crippen molar-refractivity contribution in [1.82, 2.24) is 9.88 Å². The van der Waals surface area contributed by atoms with Crippen LogP contribution in [0.3, 0.4) is 0 Å². The van der Waals surface area contributed by atoms with Gasteiger partial charge in [-0.05, 0) is 57.0 Å². The molecule has 7 nitrogen and oxygen atoms in total. The van der Waals surface area contributed by atoms with Gasteiger partial charge in [-0.3, -0.25) is 14.2 Å². The maximum Gasteiger partial charge on any atom is 0.329 e. The highest BCUT2D eigenvalue weighted by Crippen LogP contribution is 2.36. The van der Waals surface area contributed by atoms with E-state index in [-0.39, 0.29) is 28.6 Å². The first kappa shape index (κ1) is 23.9. The molecule has 0 saturated heterocycles. The Kier molecular flexibility index (Phi) is 6.26. The zero-order valence-electron chi connectivity index (χ0n) is 18.6.